The standard InChI is InChI=1S/C15H19NO4/c1-10-4-5-13(8-12(10)6-7-14(17)18)15(19)16-9-11(2)20-3/h4-8,11H,9H2,1-3H3,(H,16,19)(H,17,18)/b7-6+. The minimum Gasteiger partial charge on any atom is -0.478 e. The van der Waals surface area contributed by atoms with Crippen molar-refractivity contribution < 1.29 is 19.4 Å². The lowest BCUT2D eigenvalue weighted by Gasteiger charge is -2.11. The van der Waals surface area contributed by atoms with Crippen LogP contribution in [0.2, 0.25) is 0 Å². The van der Waals surface area contributed by atoms with Crippen molar-refractivity contribution >= 4 is 18.0 Å². The van der Waals surface area contributed by atoms with E-state index >= 15 is 0 Å². The molecule has 0 bridgehead atoms. The van der Waals surface area contributed by atoms with E-state index in [0.29, 0.717) is 17.7 Å². The maximum absolute atomic E-state index is 12.0. The lowest BCUT2D eigenvalue weighted by Crippen LogP contribution is -2.31. The van der Waals surface area contributed by atoms with E-state index in [4.69, 9.17) is 9.84 Å². The van der Waals surface area contributed by atoms with Gasteiger partial charge in [0, 0.05) is 25.3 Å². The fourth-order valence-corrected chi connectivity index (χ4v) is 1.54. The number of nitrogens with one attached hydrogen (secondary N) is 1. The minimum atomic E-state index is -1.02. The lowest BCUT2D eigenvalue weighted by atomic mass is 10.0. The number of aliphatic carboxylic acids is 1. The smallest absolute Gasteiger partial charge is 0.328 e. The monoisotopic (exact) mass is 277 g/mol. The van der Waals surface area contributed by atoms with E-state index in [0.717, 1.165) is 11.6 Å². The molecular formula is C15H19NO4. The first-order valence-corrected chi connectivity index (χ1v) is 6.26. The van der Waals surface area contributed by atoms with Crippen LogP contribution in [0.3, 0.4) is 0 Å². The Kier molecular flexibility index (Phi) is 5.93. The molecule has 0 heterocycles. The van der Waals surface area contributed by atoms with Gasteiger partial charge in [-0.15, -0.1) is 0 Å². The van der Waals surface area contributed by atoms with Gasteiger partial charge in [-0.3, -0.25) is 4.79 Å². The first-order chi connectivity index (χ1) is 9.43. The van der Waals surface area contributed by atoms with Crippen molar-refractivity contribution in [2.75, 3.05) is 13.7 Å². The highest BCUT2D eigenvalue weighted by atomic mass is 16.5. The Bertz CT molecular complexity index is 523. The summed E-state index contributed by atoms with van der Waals surface area (Å²) < 4.78 is 5.05. The molecular weight excluding hydrogens is 258 g/mol. The molecule has 0 aliphatic heterocycles. The Hall–Kier alpha value is -2.14. The highest BCUT2D eigenvalue weighted by Gasteiger charge is 2.08. The summed E-state index contributed by atoms with van der Waals surface area (Å²) in [5, 5.41) is 11.4. The molecule has 5 nitrogen and oxygen atoms in total. The van der Waals surface area contributed by atoms with Gasteiger partial charge in [-0.05, 0) is 43.2 Å². The predicted molar refractivity (Wildman–Crippen MR) is 76.7 cm³/mol. The number of carbonyl (C=O) groups is 2. The maximum atomic E-state index is 12.0. The summed E-state index contributed by atoms with van der Waals surface area (Å²) in [5.41, 5.74) is 2.10. The number of rotatable bonds is 6. The first kappa shape index (κ1) is 15.9. The summed E-state index contributed by atoms with van der Waals surface area (Å²) in [7, 11) is 1.58. The van der Waals surface area contributed by atoms with Crippen LogP contribution in [0.25, 0.3) is 6.08 Å². The second-order valence-electron chi connectivity index (χ2n) is 4.50. The van der Waals surface area contributed by atoms with Crippen molar-refractivity contribution in [1.29, 1.82) is 0 Å². The van der Waals surface area contributed by atoms with Crippen LogP contribution in [-0.2, 0) is 9.53 Å². The lowest BCUT2D eigenvalue weighted by molar-refractivity contribution is -0.131. The van der Waals surface area contributed by atoms with E-state index in [2.05, 4.69) is 5.32 Å². The van der Waals surface area contributed by atoms with Crippen molar-refractivity contribution in [3.63, 3.8) is 0 Å². The second kappa shape index (κ2) is 7.45. The molecule has 0 fully saturated rings. The van der Waals surface area contributed by atoms with Crippen LogP contribution < -0.4 is 5.32 Å². The van der Waals surface area contributed by atoms with Crippen LogP contribution in [0.1, 0.15) is 28.4 Å². The van der Waals surface area contributed by atoms with Crippen molar-refractivity contribution in [3.05, 3.63) is 41.0 Å². The molecule has 5 heteroatoms. The average Bonchev–Trinajstić information content (AvgIpc) is 2.43. The van der Waals surface area contributed by atoms with E-state index < -0.39 is 5.97 Å². The fourth-order valence-electron chi connectivity index (χ4n) is 1.54. The maximum Gasteiger partial charge on any atom is 0.328 e. The normalized spacial score (nSPS) is 12.3. The highest BCUT2D eigenvalue weighted by Crippen LogP contribution is 2.13. The van der Waals surface area contributed by atoms with Gasteiger partial charge in [0.2, 0.25) is 0 Å². The van der Waals surface area contributed by atoms with Crippen LogP contribution in [0.15, 0.2) is 24.3 Å². The van der Waals surface area contributed by atoms with Gasteiger partial charge in [0.25, 0.3) is 5.91 Å². The third-order valence-corrected chi connectivity index (χ3v) is 2.90. The number of benzene rings is 1. The molecule has 1 amide bonds. The number of ether oxygens (including phenoxy) is 1. The summed E-state index contributed by atoms with van der Waals surface area (Å²) in [6, 6.07) is 5.16. The molecule has 2 N–H and O–H groups in total. The Labute approximate surface area is 118 Å². The Morgan fingerprint density at radius 1 is 1.45 bits per heavy atom. The topological polar surface area (TPSA) is 75.6 Å². The average molecular weight is 277 g/mol. The third-order valence-electron chi connectivity index (χ3n) is 2.90. The van der Waals surface area contributed by atoms with Gasteiger partial charge in [-0.1, -0.05) is 6.07 Å². The molecule has 20 heavy (non-hydrogen) atoms. The fraction of sp³-hybridized carbons (Fsp3) is 0.333. The van der Waals surface area contributed by atoms with Gasteiger partial charge in [0.05, 0.1) is 6.10 Å². The molecule has 1 aromatic carbocycles. The number of methoxy groups -OCH3 is 1. The zero-order chi connectivity index (χ0) is 15.1. The number of carboxylic acid groups (broad SMARTS) is 1. The molecule has 0 spiro atoms. The SMILES string of the molecule is COC(C)CNC(=O)c1ccc(C)c(/C=C/C(=O)O)c1. The molecule has 1 atom stereocenters. The molecule has 1 rings (SSSR count). The van der Waals surface area contributed by atoms with E-state index in [-0.39, 0.29) is 12.0 Å². The van der Waals surface area contributed by atoms with Crippen LogP contribution >= 0.6 is 0 Å². The second-order valence-corrected chi connectivity index (χ2v) is 4.50. The van der Waals surface area contributed by atoms with Crippen LogP contribution in [0, 0.1) is 6.92 Å². The van der Waals surface area contributed by atoms with Crippen LogP contribution in [-0.4, -0.2) is 36.7 Å². The molecule has 0 saturated carbocycles. The summed E-state index contributed by atoms with van der Waals surface area (Å²) in [4.78, 5) is 22.5. The van der Waals surface area contributed by atoms with Crippen LogP contribution in [0.5, 0.6) is 0 Å². The Morgan fingerprint density at radius 2 is 2.15 bits per heavy atom. The molecule has 1 aromatic rings. The molecule has 0 aliphatic rings. The molecule has 0 radical (unpaired) electrons. The molecule has 108 valence electrons. The number of hydrogen-bond donors (Lipinski definition) is 2. The van der Waals surface area contributed by atoms with Gasteiger partial charge in [0.15, 0.2) is 0 Å². The quantitative estimate of drug-likeness (QED) is 0.778. The largest absolute Gasteiger partial charge is 0.478 e. The zero-order valence-corrected chi connectivity index (χ0v) is 11.8. The minimum absolute atomic E-state index is 0.0595. The highest BCUT2D eigenvalue weighted by molar-refractivity contribution is 5.95. The number of hydrogen-bond acceptors (Lipinski definition) is 3. The summed E-state index contributed by atoms with van der Waals surface area (Å²) in [5.74, 6) is -1.23. The summed E-state index contributed by atoms with van der Waals surface area (Å²) in [6.07, 6.45) is 2.47. The predicted octanol–water partition coefficient (Wildman–Crippen LogP) is 1.86. The van der Waals surface area contributed by atoms with Gasteiger partial charge in [0.1, 0.15) is 0 Å². The van der Waals surface area contributed by atoms with Crippen molar-refractivity contribution in [3.8, 4) is 0 Å². The molecule has 0 aromatic heterocycles. The van der Waals surface area contributed by atoms with Gasteiger partial charge in [-0.25, -0.2) is 4.79 Å². The van der Waals surface area contributed by atoms with E-state index in [1.165, 1.54) is 6.08 Å². The first-order valence-electron chi connectivity index (χ1n) is 6.26. The molecule has 0 aliphatic carbocycles. The molecule has 0 saturated heterocycles. The third kappa shape index (κ3) is 4.85. The number of carboxylic acids is 1. The van der Waals surface area contributed by atoms with E-state index in [1.807, 2.05) is 13.8 Å². The number of carbonyl (C=O) groups excluding carboxylic acids is 1. The van der Waals surface area contributed by atoms with Gasteiger partial charge < -0.3 is 15.2 Å². The number of amides is 1. The summed E-state index contributed by atoms with van der Waals surface area (Å²) in [6.45, 7) is 4.14. The molecule has 1 unspecified atom stereocenters. The Morgan fingerprint density at radius 3 is 2.75 bits per heavy atom. The van der Waals surface area contributed by atoms with E-state index in [1.54, 1.807) is 25.3 Å². The van der Waals surface area contributed by atoms with Crippen molar-refractivity contribution in [1.82, 2.24) is 5.32 Å². The van der Waals surface area contributed by atoms with Crippen LogP contribution in [0.4, 0.5) is 0 Å². The van der Waals surface area contributed by atoms with Gasteiger partial charge in [-0.2, -0.15) is 0 Å². The van der Waals surface area contributed by atoms with Gasteiger partial charge >= 0.3 is 5.97 Å². The van der Waals surface area contributed by atoms with Crippen molar-refractivity contribution in [2.45, 2.75) is 20.0 Å². The number of aryl methyl sites for hydroxylation is 1. The van der Waals surface area contributed by atoms with Crippen molar-refractivity contribution in [2.24, 2.45) is 0 Å². The Balaban J connectivity index is 2.83. The van der Waals surface area contributed by atoms with E-state index in [9.17, 15) is 9.59 Å². The zero-order valence-electron chi connectivity index (χ0n) is 11.8. The summed E-state index contributed by atoms with van der Waals surface area (Å²) >= 11 is 0.